The maximum Gasteiger partial charge on any atom is 0.242 e. The zero-order valence-corrected chi connectivity index (χ0v) is 18.0. The van der Waals surface area contributed by atoms with Crippen molar-refractivity contribution in [1.82, 2.24) is 10.3 Å². The second-order valence-corrected chi connectivity index (χ2v) is 8.53. The smallest absolute Gasteiger partial charge is 0.242 e. The van der Waals surface area contributed by atoms with Crippen molar-refractivity contribution >= 4 is 17.2 Å². The SMILES string of the molecule is COc1cc(C(CC(C)C)(NCc2sccc2C)C(N)=O)ccc1-c1cnco1. The van der Waals surface area contributed by atoms with Crippen LogP contribution in [0.25, 0.3) is 11.3 Å². The normalized spacial score (nSPS) is 13.4. The summed E-state index contributed by atoms with van der Waals surface area (Å²) < 4.78 is 11.0. The standard InChI is InChI=1S/C22H27N3O3S/c1-14(2)10-22(21(23)26,25-12-20-15(3)7-8-29-20)16-5-6-17(18(9-16)27-4)19-11-24-13-28-19/h5-9,11,13-14,25H,10,12H2,1-4H3,(H2,23,26). The number of thiophene rings is 1. The molecule has 3 aromatic rings. The van der Waals surface area contributed by atoms with E-state index in [4.69, 9.17) is 14.9 Å². The van der Waals surface area contributed by atoms with Gasteiger partial charge >= 0.3 is 0 Å². The van der Waals surface area contributed by atoms with Gasteiger partial charge in [-0.15, -0.1) is 11.3 Å². The van der Waals surface area contributed by atoms with Gasteiger partial charge in [0.25, 0.3) is 0 Å². The predicted molar refractivity (Wildman–Crippen MR) is 115 cm³/mol. The molecule has 3 rings (SSSR count). The van der Waals surface area contributed by atoms with E-state index in [1.807, 2.05) is 18.2 Å². The van der Waals surface area contributed by atoms with Crippen molar-refractivity contribution in [3.63, 3.8) is 0 Å². The summed E-state index contributed by atoms with van der Waals surface area (Å²) in [5.41, 5.74) is 7.71. The Bertz CT molecular complexity index is 966. The van der Waals surface area contributed by atoms with E-state index in [2.05, 4.69) is 42.5 Å². The minimum Gasteiger partial charge on any atom is -0.496 e. The Morgan fingerprint density at radius 3 is 2.72 bits per heavy atom. The van der Waals surface area contributed by atoms with Crippen molar-refractivity contribution in [2.45, 2.75) is 39.3 Å². The molecule has 0 saturated heterocycles. The summed E-state index contributed by atoms with van der Waals surface area (Å²) in [6.07, 6.45) is 3.57. The molecular weight excluding hydrogens is 386 g/mol. The zero-order valence-electron chi connectivity index (χ0n) is 17.2. The van der Waals surface area contributed by atoms with Gasteiger partial charge in [0.15, 0.2) is 12.2 Å². The van der Waals surface area contributed by atoms with Gasteiger partial charge in [-0.1, -0.05) is 19.9 Å². The zero-order chi connectivity index (χ0) is 21.0. The Balaban J connectivity index is 2.05. The number of hydrogen-bond acceptors (Lipinski definition) is 6. The Kier molecular flexibility index (Phi) is 6.39. The van der Waals surface area contributed by atoms with E-state index < -0.39 is 11.4 Å². The molecule has 6 nitrogen and oxygen atoms in total. The minimum atomic E-state index is -1.02. The molecule has 2 aromatic heterocycles. The fourth-order valence-electron chi connectivity index (χ4n) is 3.56. The second-order valence-electron chi connectivity index (χ2n) is 7.53. The quantitative estimate of drug-likeness (QED) is 0.548. The van der Waals surface area contributed by atoms with E-state index >= 15 is 0 Å². The summed E-state index contributed by atoms with van der Waals surface area (Å²) in [4.78, 5) is 18.0. The predicted octanol–water partition coefficient (Wildman–Crippen LogP) is 4.24. The molecule has 1 aromatic carbocycles. The van der Waals surface area contributed by atoms with Gasteiger partial charge in [-0.3, -0.25) is 10.1 Å². The van der Waals surface area contributed by atoms with E-state index in [9.17, 15) is 4.79 Å². The highest BCUT2D eigenvalue weighted by atomic mass is 32.1. The number of oxazole rings is 1. The number of benzene rings is 1. The van der Waals surface area contributed by atoms with E-state index in [1.54, 1.807) is 24.6 Å². The summed E-state index contributed by atoms with van der Waals surface area (Å²) in [5, 5.41) is 5.53. The number of nitrogens with one attached hydrogen (secondary N) is 1. The molecule has 0 fully saturated rings. The van der Waals surface area contributed by atoms with E-state index in [-0.39, 0.29) is 5.92 Å². The van der Waals surface area contributed by atoms with Gasteiger partial charge in [0.1, 0.15) is 11.3 Å². The Morgan fingerprint density at radius 1 is 1.38 bits per heavy atom. The van der Waals surface area contributed by atoms with E-state index in [0.29, 0.717) is 24.5 Å². The third-order valence-corrected chi connectivity index (χ3v) is 6.07. The summed E-state index contributed by atoms with van der Waals surface area (Å²) in [7, 11) is 1.59. The molecule has 29 heavy (non-hydrogen) atoms. The number of nitrogens with zero attached hydrogens (tertiary/aromatic N) is 1. The van der Waals surface area contributed by atoms with Gasteiger partial charge in [0.05, 0.1) is 18.9 Å². The molecule has 0 bridgehead atoms. The van der Waals surface area contributed by atoms with Gasteiger partial charge in [0.2, 0.25) is 5.91 Å². The fourth-order valence-corrected chi connectivity index (χ4v) is 4.41. The molecule has 1 amide bonds. The molecular formula is C22H27N3O3S. The molecule has 1 unspecified atom stereocenters. The van der Waals surface area contributed by atoms with Crippen LogP contribution < -0.4 is 15.8 Å². The molecule has 2 heterocycles. The van der Waals surface area contributed by atoms with Gasteiger partial charge in [0, 0.05) is 11.4 Å². The lowest BCUT2D eigenvalue weighted by Gasteiger charge is -2.34. The largest absolute Gasteiger partial charge is 0.496 e. The molecule has 0 saturated carbocycles. The number of ether oxygens (including phenoxy) is 1. The summed E-state index contributed by atoms with van der Waals surface area (Å²) in [6, 6.07) is 7.72. The van der Waals surface area contributed by atoms with Crippen molar-refractivity contribution in [3.05, 3.63) is 58.2 Å². The Hall–Kier alpha value is -2.64. The van der Waals surface area contributed by atoms with Crippen LogP contribution in [0.3, 0.4) is 0 Å². The highest BCUT2D eigenvalue weighted by molar-refractivity contribution is 7.10. The van der Waals surface area contributed by atoms with Crippen LogP contribution >= 0.6 is 11.3 Å². The summed E-state index contributed by atoms with van der Waals surface area (Å²) in [6.45, 7) is 6.79. The highest BCUT2D eigenvalue weighted by Crippen LogP contribution is 2.37. The van der Waals surface area contributed by atoms with Gasteiger partial charge in [-0.25, -0.2) is 4.98 Å². The number of rotatable bonds is 9. The lowest BCUT2D eigenvalue weighted by Crippen LogP contribution is -2.53. The van der Waals surface area contributed by atoms with Crippen molar-refractivity contribution in [2.75, 3.05) is 7.11 Å². The number of primary amides is 1. The molecule has 154 valence electrons. The maximum absolute atomic E-state index is 12.8. The number of hydrogen-bond donors (Lipinski definition) is 2. The first-order valence-corrected chi connectivity index (χ1v) is 10.4. The maximum atomic E-state index is 12.8. The molecule has 0 aliphatic rings. The number of carbonyl (C=O) groups excluding carboxylic acids is 1. The van der Waals surface area contributed by atoms with Crippen LogP contribution in [0.5, 0.6) is 5.75 Å². The highest BCUT2D eigenvalue weighted by Gasteiger charge is 2.39. The monoisotopic (exact) mass is 413 g/mol. The summed E-state index contributed by atoms with van der Waals surface area (Å²) >= 11 is 1.67. The number of methoxy groups -OCH3 is 1. The van der Waals surface area contributed by atoms with Crippen LogP contribution in [0.15, 0.2) is 46.7 Å². The molecule has 0 spiro atoms. The topological polar surface area (TPSA) is 90.4 Å². The first kappa shape index (κ1) is 21.1. The molecule has 1 atom stereocenters. The van der Waals surface area contributed by atoms with Crippen LogP contribution in [0, 0.1) is 12.8 Å². The molecule has 3 N–H and O–H groups in total. The lowest BCUT2D eigenvalue weighted by molar-refractivity contribution is -0.125. The molecule has 7 heteroatoms. The van der Waals surface area contributed by atoms with Crippen LogP contribution in [0.1, 0.15) is 36.3 Å². The fraction of sp³-hybridized carbons (Fsp3) is 0.364. The third-order valence-electron chi connectivity index (χ3n) is 5.05. The lowest BCUT2D eigenvalue weighted by atomic mass is 9.81. The third kappa shape index (κ3) is 4.36. The van der Waals surface area contributed by atoms with Crippen LogP contribution in [-0.4, -0.2) is 18.0 Å². The Labute approximate surface area is 175 Å². The number of nitrogens with two attached hydrogens (primary N) is 1. The minimum absolute atomic E-state index is 0.249. The van der Waals surface area contributed by atoms with E-state index in [0.717, 1.165) is 11.1 Å². The van der Waals surface area contributed by atoms with Crippen LogP contribution in [0.4, 0.5) is 0 Å². The number of amides is 1. The van der Waals surface area contributed by atoms with Crippen LogP contribution in [0.2, 0.25) is 0 Å². The van der Waals surface area contributed by atoms with Gasteiger partial charge < -0.3 is 14.9 Å². The average molecular weight is 414 g/mol. The van der Waals surface area contributed by atoms with Crippen molar-refractivity contribution in [3.8, 4) is 17.1 Å². The first-order valence-electron chi connectivity index (χ1n) is 9.52. The van der Waals surface area contributed by atoms with Crippen molar-refractivity contribution in [1.29, 1.82) is 0 Å². The number of aromatic nitrogens is 1. The first-order chi connectivity index (χ1) is 13.9. The van der Waals surface area contributed by atoms with Crippen LogP contribution in [-0.2, 0) is 16.9 Å². The molecule has 0 radical (unpaired) electrons. The number of carbonyl (C=O) groups is 1. The Morgan fingerprint density at radius 2 is 2.17 bits per heavy atom. The van der Waals surface area contributed by atoms with E-state index in [1.165, 1.54) is 16.8 Å². The molecule has 0 aliphatic heterocycles. The van der Waals surface area contributed by atoms with Crippen molar-refractivity contribution in [2.24, 2.45) is 11.7 Å². The summed E-state index contributed by atoms with van der Waals surface area (Å²) in [5.74, 6) is 1.04. The van der Waals surface area contributed by atoms with Gasteiger partial charge in [-0.2, -0.15) is 0 Å². The number of aryl methyl sites for hydroxylation is 1. The van der Waals surface area contributed by atoms with Gasteiger partial charge in [-0.05, 0) is 54.0 Å². The second kappa shape index (κ2) is 8.80. The average Bonchev–Trinajstić information content (AvgIpc) is 3.36. The molecule has 0 aliphatic carbocycles. The van der Waals surface area contributed by atoms with Crippen molar-refractivity contribution < 1.29 is 13.9 Å².